The lowest BCUT2D eigenvalue weighted by Crippen LogP contribution is -2.43. The van der Waals surface area contributed by atoms with Crippen molar-refractivity contribution < 1.29 is 18.4 Å². The minimum Gasteiger partial charge on any atom is -0.528 e. The summed E-state index contributed by atoms with van der Waals surface area (Å²) in [4.78, 5) is 0. The third kappa shape index (κ3) is 6.25. The van der Waals surface area contributed by atoms with Gasteiger partial charge in [-0.25, -0.2) is 0 Å². The fraction of sp³-hybridized carbons (Fsp3) is 0.464. The summed E-state index contributed by atoms with van der Waals surface area (Å²) < 4.78 is 23.9. The quantitative estimate of drug-likeness (QED) is 0.303. The average molecular weight is 529 g/mol. The Kier molecular flexibility index (Phi) is 8.02. The van der Waals surface area contributed by atoms with Crippen molar-refractivity contribution >= 4 is 19.9 Å². The van der Waals surface area contributed by atoms with E-state index in [0.29, 0.717) is 25.6 Å². The number of aryl methyl sites for hydroxylation is 1. The number of hydrogen-bond acceptors (Lipinski definition) is 6. The van der Waals surface area contributed by atoms with Crippen LogP contribution in [0.15, 0.2) is 47.0 Å². The monoisotopic (exact) mass is 528 g/mol. The lowest BCUT2D eigenvalue weighted by atomic mass is 10.0. The standard InChI is InChI=1S/C28H37ClN2O4Si/c1-7-19-9-8-10-25(29)24(19)18-32-22-12-11-20-13-21(17-33-26(20)14-22)30-16-23-15-27(31-34-23)35-36(5,6)28(2,3)4/h8-12,14-15,21,30H,7,13,16-18H2,1-6H3. The van der Waals surface area contributed by atoms with Gasteiger partial charge in [-0.3, -0.25) is 0 Å². The summed E-state index contributed by atoms with van der Waals surface area (Å²) in [5.74, 6) is 2.96. The second-order valence-corrected chi connectivity index (χ2v) is 16.0. The van der Waals surface area contributed by atoms with Crippen molar-refractivity contribution in [2.75, 3.05) is 6.61 Å². The number of rotatable bonds is 9. The van der Waals surface area contributed by atoms with E-state index < -0.39 is 8.32 Å². The molecule has 0 bridgehead atoms. The number of nitrogens with zero attached hydrogens (tertiary/aromatic N) is 1. The summed E-state index contributed by atoms with van der Waals surface area (Å²) >= 11 is 6.40. The van der Waals surface area contributed by atoms with Gasteiger partial charge in [-0.1, -0.05) is 57.5 Å². The molecule has 0 radical (unpaired) electrons. The first-order valence-electron chi connectivity index (χ1n) is 12.6. The van der Waals surface area contributed by atoms with Crippen LogP contribution >= 0.6 is 11.6 Å². The molecule has 1 N–H and O–H groups in total. The average Bonchev–Trinajstić information content (AvgIpc) is 3.27. The summed E-state index contributed by atoms with van der Waals surface area (Å²) in [6.45, 7) is 14.7. The Morgan fingerprint density at radius 1 is 1.17 bits per heavy atom. The fourth-order valence-electron chi connectivity index (χ4n) is 3.91. The van der Waals surface area contributed by atoms with E-state index in [0.717, 1.165) is 46.3 Å². The van der Waals surface area contributed by atoms with Gasteiger partial charge in [-0.2, -0.15) is 0 Å². The molecule has 0 fully saturated rings. The van der Waals surface area contributed by atoms with Crippen LogP contribution in [0.3, 0.4) is 0 Å². The molecule has 1 atom stereocenters. The molecule has 2 aromatic carbocycles. The van der Waals surface area contributed by atoms with Crippen LogP contribution in [0.25, 0.3) is 0 Å². The fourth-order valence-corrected chi connectivity index (χ4v) is 5.08. The molecule has 36 heavy (non-hydrogen) atoms. The number of benzene rings is 2. The van der Waals surface area contributed by atoms with Gasteiger partial charge in [0.25, 0.3) is 8.32 Å². The van der Waals surface area contributed by atoms with Crippen molar-refractivity contribution in [2.45, 2.75) is 77.9 Å². The van der Waals surface area contributed by atoms with Crippen LogP contribution in [0.5, 0.6) is 17.4 Å². The molecule has 1 aliphatic heterocycles. The maximum atomic E-state index is 6.40. The van der Waals surface area contributed by atoms with Crippen molar-refractivity contribution in [1.82, 2.24) is 10.5 Å². The first kappa shape index (κ1) is 26.6. The third-order valence-electron chi connectivity index (χ3n) is 7.19. The number of hydrogen-bond donors (Lipinski definition) is 1. The van der Waals surface area contributed by atoms with Gasteiger partial charge in [0.15, 0.2) is 5.76 Å². The van der Waals surface area contributed by atoms with Crippen LogP contribution in [0.1, 0.15) is 50.1 Å². The van der Waals surface area contributed by atoms with E-state index in [-0.39, 0.29) is 11.1 Å². The summed E-state index contributed by atoms with van der Waals surface area (Å²) in [5.41, 5.74) is 3.39. The minimum absolute atomic E-state index is 0.106. The van der Waals surface area contributed by atoms with Gasteiger partial charge >= 0.3 is 0 Å². The van der Waals surface area contributed by atoms with E-state index in [1.165, 1.54) is 5.56 Å². The zero-order chi connectivity index (χ0) is 25.9. The number of aromatic nitrogens is 1. The second kappa shape index (κ2) is 10.9. The van der Waals surface area contributed by atoms with Gasteiger partial charge in [-0.15, -0.1) is 0 Å². The molecular formula is C28H37ClN2O4Si. The van der Waals surface area contributed by atoms with Gasteiger partial charge in [0, 0.05) is 28.8 Å². The molecule has 0 spiro atoms. The van der Waals surface area contributed by atoms with Crippen LogP contribution in [-0.2, 0) is 26.0 Å². The molecule has 1 unspecified atom stereocenters. The smallest absolute Gasteiger partial charge is 0.252 e. The van der Waals surface area contributed by atoms with Crippen molar-refractivity contribution in [3.8, 4) is 17.4 Å². The molecule has 1 aliphatic rings. The highest BCUT2D eigenvalue weighted by Gasteiger charge is 2.39. The molecule has 0 aliphatic carbocycles. The largest absolute Gasteiger partial charge is 0.528 e. The van der Waals surface area contributed by atoms with E-state index >= 15 is 0 Å². The molecule has 3 aromatic rings. The molecule has 4 rings (SSSR count). The lowest BCUT2D eigenvalue weighted by Gasteiger charge is -2.35. The van der Waals surface area contributed by atoms with E-state index in [9.17, 15) is 0 Å². The highest BCUT2D eigenvalue weighted by molar-refractivity contribution is 6.74. The van der Waals surface area contributed by atoms with Gasteiger partial charge in [0.05, 0.1) is 6.54 Å². The molecule has 0 saturated carbocycles. The van der Waals surface area contributed by atoms with Crippen LogP contribution in [0.2, 0.25) is 23.2 Å². The maximum absolute atomic E-state index is 6.40. The van der Waals surface area contributed by atoms with Gasteiger partial charge in [-0.05, 0) is 59.4 Å². The molecule has 0 amide bonds. The summed E-state index contributed by atoms with van der Waals surface area (Å²) in [6, 6.07) is 14.1. The first-order chi connectivity index (χ1) is 17.1. The Labute approximate surface area is 220 Å². The molecule has 8 heteroatoms. The van der Waals surface area contributed by atoms with Crippen LogP contribution in [-0.4, -0.2) is 26.1 Å². The zero-order valence-electron chi connectivity index (χ0n) is 22.1. The predicted molar refractivity (Wildman–Crippen MR) is 146 cm³/mol. The number of ether oxygens (including phenoxy) is 2. The van der Waals surface area contributed by atoms with Crippen molar-refractivity contribution in [1.29, 1.82) is 0 Å². The highest BCUT2D eigenvalue weighted by atomic mass is 35.5. The Bertz CT molecular complexity index is 1190. The molecule has 194 valence electrons. The van der Waals surface area contributed by atoms with Crippen molar-refractivity contribution in [3.63, 3.8) is 0 Å². The summed E-state index contributed by atoms with van der Waals surface area (Å²) in [7, 11) is -1.94. The minimum atomic E-state index is -1.94. The first-order valence-corrected chi connectivity index (χ1v) is 15.9. The molecule has 1 aromatic heterocycles. The second-order valence-electron chi connectivity index (χ2n) is 10.9. The van der Waals surface area contributed by atoms with Crippen molar-refractivity contribution in [2.24, 2.45) is 0 Å². The normalized spacial score (nSPS) is 15.8. The zero-order valence-corrected chi connectivity index (χ0v) is 23.9. The highest BCUT2D eigenvalue weighted by Crippen LogP contribution is 2.37. The Morgan fingerprint density at radius 2 is 1.97 bits per heavy atom. The van der Waals surface area contributed by atoms with Crippen LogP contribution < -0.4 is 19.2 Å². The van der Waals surface area contributed by atoms with E-state index in [1.807, 2.05) is 30.3 Å². The number of nitrogens with one attached hydrogen (secondary N) is 1. The summed E-state index contributed by atoms with van der Waals surface area (Å²) in [5, 5.41) is 8.49. The van der Waals surface area contributed by atoms with E-state index in [4.69, 9.17) is 30.0 Å². The number of fused-ring (bicyclic) bond motifs is 1. The molecular weight excluding hydrogens is 492 g/mol. The maximum Gasteiger partial charge on any atom is 0.252 e. The topological polar surface area (TPSA) is 65.8 Å². The van der Waals surface area contributed by atoms with Gasteiger partial charge < -0.3 is 23.7 Å². The van der Waals surface area contributed by atoms with Crippen LogP contribution in [0.4, 0.5) is 0 Å². The van der Waals surface area contributed by atoms with Gasteiger partial charge in [0.1, 0.15) is 24.7 Å². The molecule has 6 nitrogen and oxygen atoms in total. The van der Waals surface area contributed by atoms with Crippen LogP contribution in [0, 0.1) is 0 Å². The van der Waals surface area contributed by atoms with Gasteiger partial charge in [0.2, 0.25) is 5.88 Å². The Morgan fingerprint density at radius 3 is 2.72 bits per heavy atom. The SMILES string of the molecule is CCc1cccc(Cl)c1COc1ccc2c(c1)OCC(NCc1cc(O[Si](C)(C)C(C)(C)C)no1)C2. The van der Waals surface area contributed by atoms with E-state index in [2.05, 4.69) is 63.4 Å². The predicted octanol–water partition coefficient (Wildman–Crippen LogP) is 6.95. The van der Waals surface area contributed by atoms with Crippen molar-refractivity contribution in [3.05, 3.63) is 69.9 Å². The summed E-state index contributed by atoms with van der Waals surface area (Å²) in [6.07, 6.45) is 1.78. The van der Waals surface area contributed by atoms with E-state index in [1.54, 1.807) is 0 Å². The molecule has 0 saturated heterocycles. The Hall–Kier alpha value is -2.48. The third-order valence-corrected chi connectivity index (χ3v) is 11.9. The number of halogens is 1. The lowest BCUT2D eigenvalue weighted by molar-refractivity contribution is 0.230. The molecule has 2 heterocycles. The Balaban J connectivity index is 1.30.